The van der Waals surface area contributed by atoms with Gasteiger partial charge in [-0.1, -0.05) is 30.3 Å². The van der Waals surface area contributed by atoms with Crippen molar-refractivity contribution in [1.29, 1.82) is 0 Å². The summed E-state index contributed by atoms with van der Waals surface area (Å²) in [7, 11) is 1.84. The molecule has 0 aliphatic carbocycles. The Morgan fingerprint density at radius 1 is 1.35 bits per heavy atom. The third-order valence-electron chi connectivity index (χ3n) is 2.61. The fourth-order valence-electron chi connectivity index (χ4n) is 1.59. The number of aliphatic hydroxyl groups excluding tert-OH is 1. The minimum atomic E-state index is -0.496. The molecule has 0 bridgehead atoms. The maximum Gasteiger partial charge on any atom is 0.140 e. The van der Waals surface area contributed by atoms with Crippen LogP contribution in [0, 0.1) is 0 Å². The highest BCUT2D eigenvalue weighted by Crippen LogP contribution is 2.10. The van der Waals surface area contributed by atoms with Gasteiger partial charge in [0.05, 0.1) is 12.6 Å². The summed E-state index contributed by atoms with van der Waals surface area (Å²) in [6.07, 6.45) is 1.02. The molecule has 1 heterocycles. The summed E-state index contributed by atoms with van der Waals surface area (Å²) < 4.78 is 1.71. The van der Waals surface area contributed by atoms with E-state index in [0.717, 1.165) is 11.4 Å². The molecule has 0 fully saturated rings. The molecule has 17 heavy (non-hydrogen) atoms. The number of nitrogens with zero attached hydrogens (tertiary/aromatic N) is 3. The van der Waals surface area contributed by atoms with Crippen LogP contribution in [0.1, 0.15) is 17.5 Å². The third-order valence-corrected chi connectivity index (χ3v) is 2.61. The lowest BCUT2D eigenvalue weighted by Gasteiger charge is -2.11. The predicted octanol–water partition coefficient (Wildman–Crippen LogP) is 0.638. The lowest BCUT2D eigenvalue weighted by atomic mass is 10.1. The summed E-state index contributed by atoms with van der Waals surface area (Å²) in [6, 6.07) is 9.59. The number of hydrogen-bond donors (Lipinski definition) is 2. The number of aliphatic hydroxyl groups is 1. The molecular weight excluding hydrogens is 216 g/mol. The van der Waals surface area contributed by atoms with Crippen molar-refractivity contribution >= 4 is 0 Å². The van der Waals surface area contributed by atoms with Crippen molar-refractivity contribution in [2.24, 2.45) is 7.05 Å². The van der Waals surface area contributed by atoms with Crippen LogP contribution in [0.2, 0.25) is 0 Å². The predicted molar refractivity (Wildman–Crippen MR) is 64.1 cm³/mol. The average molecular weight is 232 g/mol. The molecule has 2 aromatic rings. The first-order chi connectivity index (χ1) is 8.27. The van der Waals surface area contributed by atoms with Crippen LogP contribution in [0.3, 0.4) is 0 Å². The minimum absolute atomic E-state index is 0.496. The number of nitrogens with one attached hydrogen (secondary N) is 1. The monoisotopic (exact) mass is 232 g/mol. The Hall–Kier alpha value is -1.72. The molecular formula is C12H16N4O. The Kier molecular flexibility index (Phi) is 3.85. The lowest BCUT2D eigenvalue weighted by molar-refractivity contribution is 0.174. The summed E-state index contributed by atoms with van der Waals surface area (Å²) in [5.41, 5.74) is 0.915. The van der Waals surface area contributed by atoms with E-state index >= 15 is 0 Å². The van der Waals surface area contributed by atoms with Gasteiger partial charge in [0, 0.05) is 13.6 Å². The second kappa shape index (κ2) is 5.56. The normalized spacial score (nSPS) is 12.6. The molecule has 90 valence electrons. The molecule has 0 radical (unpaired) electrons. The van der Waals surface area contributed by atoms with Gasteiger partial charge in [-0.15, -0.1) is 0 Å². The maximum absolute atomic E-state index is 9.91. The largest absolute Gasteiger partial charge is 0.387 e. The number of rotatable bonds is 5. The molecule has 0 amide bonds. The van der Waals surface area contributed by atoms with Crippen molar-refractivity contribution in [3.63, 3.8) is 0 Å². The van der Waals surface area contributed by atoms with Crippen LogP contribution in [-0.2, 0) is 13.6 Å². The van der Waals surface area contributed by atoms with E-state index in [1.165, 1.54) is 6.33 Å². The van der Waals surface area contributed by atoms with Gasteiger partial charge < -0.3 is 10.4 Å². The number of benzene rings is 1. The Balaban J connectivity index is 1.81. The first-order valence-electron chi connectivity index (χ1n) is 5.54. The smallest absolute Gasteiger partial charge is 0.140 e. The second-order valence-electron chi connectivity index (χ2n) is 3.86. The van der Waals surface area contributed by atoms with Crippen molar-refractivity contribution in [2.45, 2.75) is 12.6 Å². The highest BCUT2D eigenvalue weighted by molar-refractivity contribution is 5.17. The molecule has 5 nitrogen and oxygen atoms in total. The fourth-order valence-corrected chi connectivity index (χ4v) is 1.59. The van der Waals surface area contributed by atoms with Crippen LogP contribution in [0.25, 0.3) is 0 Å². The van der Waals surface area contributed by atoms with Crippen LogP contribution in [0.4, 0.5) is 0 Å². The molecule has 2 N–H and O–H groups in total. The van der Waals surface area contributed by atoms with Crippen molar-refractivity contribution in [2.75, 3.05) is 6.54 Å². The zero-order chi connectivity index (χ0) is 12.1. The minimum Gasteiger partial charge on any atom is -0.387 e. The molecule has 0 aliphatic heterocycles. The Bertz CT molecular complexity index is 455. The van der Waals surface area contributed by atoms with Crippen LogP contribution in [0.5, 0.6) is 0 Å². The van der Waals surface area contributed by atoms with E-state index in [1.54, 1.807) is 4.68 Å². The molecule has 1 unspecified atom stereocenters. The van der Waals surface area contributed by atoms with Gasteiger partial charge in [0.15, 0.2) is 0 Å². The van der Waals surface area contributed by atoms with E-state index in [2.05, 4.69) is 15.4 Å². The van der Waals surface area contributed by atoms with E-state index in [1.807, 2.05) is 37.4 Å². The molecule has 1 atom stereocenters. The Labute approximate surface area is 100 Å². The molecule has 5 heteroatoms. The summed E-state index contributed by atoms with van der Waals surface area (Å²) in [5.74, 6) is 0.852. The van der Waals surface area contributed by atoms with Crippen molar-refractivity contribution in [3.8, 4) is 0 Å². The zero-order valence-electron chi connectivity index (χ0n) is 9.74. The van der Waals surface area contributed by atoms with Crippen LogP contribution >= 0.6 is 0 Å². The molecule has 1 aromatic carbocycles. The number of aryl methyl sites for hydroxylation is 1. The van der Waals surface area contributed by atoms with E-state index in [4.69, 9.17) is 0 Å². The van der Waals surface area contributed by atoms with Gasteiger partial charge in [-0.3, -0.25) is 4.68 Å². The first-order valence-corrected chi connectivity index (χ1v) is 5.54. The summed E-state index contributed by atoms with van der Waals surface area (Å²) in [5, 5.41) is 17.0. The third kappa shape index (κ3) is 3.12. The average Bonchev–Trinajstić information content (AvgIpc) is 2.76. The van der Waals surface area contributed by atoms with Gasteiger partial charge in [-0.2, -0.15) is 5.10 Å². The zero-order valence-corrected chi connectivity index (χ0v) is 9.74. The standard InChI is InChI=1S/C12H16N4O/c1-16-12(14-9-15-16)8-13-7-11(17)10-5-3-2-4-6-10/h2-6,9,11,13,17H,7-8H2,1H3. The number of hydrogen-bond acceptors (Lipinski definition) is 4. The molecule has 0 spiro atoms. The molecule has 2 rings (SSSR count). The van der Waals surface area contributed by atoms with E-state index in [9.17, 15) is 5.11 Å². The van der Waals surface area contributed by atoms with Crippen molar-refractivity contribution in [3.05, 3.63) is 48.0 Å². The van der Waals surface area contributed by atoms with E-state index in [0.29, 0.717) is 13.1 Å². The van der Waals surface area contributed by atoms with Crippen molar-refractivity contribution in [1.82, 2.24) is 20.1 Å². The molecule has 0 saturated heterocycles. The summed E-state index contributed by atoms with van der Waals surface area (Å²) in [6.45, 7) is 1.09. The van der Waals surface area contributed by atoms with Crippen molar-refractivity contribution < 1.29 is 5.11 Å². The fraction of sp³-hybridized carbons (Fsp3) is 0.333. The van der Waals surface area contributed by atoms with Crippen LogP contribution in [0.15, 0.2) is 36.7 Å². The molecule has 1 aromatic heterocycles. The van der Waals surface area contributed by atoms with Crippen LogP contribution in [-0.4, -0.2) is 26.4 Å². The van der Waals surface area contributed by atoms with Gasteiger partial charge in [0.25, 0.3) is 0 Å². The second-order valence-corrected chi connectivity index (χ2v) is 3.86. The van der Waals surface area contributed by atoms with Crippen LogP contribution < -0.4 is 5.32 Å². The van der Waals surface area contributed by atoms with Gasteiger partial charge in [0.1, 0.15) is 12.2 Å². The highest BCUT2D eigenvalue weighted by atomic mass is 16.3. The Morgan fingerprint density at radius 2 is 2.12 bits per heavy atom. The summed E-state index contributed by atoms with van der Waals surface area (Å²) in [4.78, 5) is 4.09. The number of aromatic nitrogens is 3. The Morgan fingerprint density at radius 3 is 2.76 bits per heavy atom. The lowest BCUT2D eigenvalue weighted by Crippen LogP contribution is -2.22. The van der Waals surface area contributed by atoms with Gasteiger partial charge >= 0.3 is 0 Å². The maximum atomic E-state index is 9.91. The van der Waals surface area contributed by atoms with E-state index in [-0.39, 0.29) is 0 Å². The highest BCUT2D eigenvalue weighted by Gasteiger charge is 2.06. The molecule has 0 aliphatic rings. The first kappa shape index (κ1) is 11.8. The van der Waals surface area contributed by atoms with E-state index < -0.39 is 6.10 Å². The van der Waals surface area contributed by atoms with Gasteiger partial charge in [-0.05, 0) is 5.56 Å². The SMILES string of the molecule is Cn1ncnc1CNCC(O)c1ccccc1. The topological polar surface area (TPSA) is 63.0 Å². The molecule has 0 saturated carbocycles. The summed E-state index contributed by atoms with van der Waals surface area (Å²) >= 11 is 0. The quantitative estimate of drug-likeness (QED) is 0.794. The van der Waals surface area contributed by atoms with Gasteiger partial charge in [-0.25, -0.2) is 4.98 Å². The van der Waals surface area contributed by atoms with Gasteiger partial charge in [0.2, 0.25) is 0 Å².